The number of hydrogen-bond acceptors (Lipinski definition) is 3. The normalized spacial score (nSPS) is 24.1. The van der Waals surface area contributed by atoms with Crippen LogP contribution in [-0.2, 0) is 4.84 Å². The second-order valence-corrected chi connectivity index (χ2v) is 5.59. The molecule has 0 bridgehead atoms. The van der Waals surface area contributed by atoms with Gasteiger partial charge in [0.25, 0.3) is 0 Å². The average molecular weight is 286 g/mol. The van der Waals surface area contributed by atoms with Gasteiger partial charge in [-0.2, -0.15) is 0 Å². The molecule has 1 saturated heterocycles. The Kier molecular flexibility index (Phi) is 2.58. The summed E-state index contributed by atoms with van der Waals surface area (Å²) in [6.07, 6.45) is 0. The third-order valence-electron chi connectivity index (χ3n) is 4.02. The number of rotatable bonds is 0. The van der Waals surface area contributed by atoms with Crippen LogP contribution in [0.15, 0.2) is 36.4 Å². The van der Waals surface area contributed by atoms with Gasteiger partial charge in [-0.25, -0.2) is 5.06 Å². The number of ether oxygens (including phenoxy) is 1. The molecule has 4 nitrogen and oxygen atoms in total. The first kappa shape index (κ1) is 11.9. The highest BCUT2D eigenvalue weighted by atomic mass is 32.1. The van der Waals surface area contributed by atoms with Crippen LogP contribution >= 0.6 is 12.2 Å². The minimum absolute atomic E-state index is 0.0438. The number of hydroxylamine groups is 2. The molecule has 2 atom stereocenters. The molecule has 0 saturated carbocycles. The lowest BCUT2D eigenvalue weighted by Crippen LogP contribution is -2.37. The van der Waals surface area contributed by atoms with Crippen molar-refractivity contribution in [1.29, 1.82) is 0 Å². The summed E-state index contributed by atoms with van der Waals surface area (Å²) in [7, 11) is 0. The monoisotopic (exact) mass is 286 g/mol. The maximum Gasteiger partial charge on any atom is 0.191 e. The van der Waals surface area contributed by atoms with Gasteiger partial charge in [-0.15, -0.1) is 0 Å². The quantitative estimate of drug-likeness (QED) is 0.754. The molecule has 102 valence electrons. The van der Waals surface area contributed by atoms with Crippen LogP contribution in [0.25, 0.3) is 10.8 Å². The Morgan fingerprint density at radius 1 is 1.20 bits per heavy atom. The summed E-state index contributed by atoms with van der Waals surface area (Å²) in [5.74, 6) is 1.16. The van der Waals surface area contributed by atoms with E-state index in [0.717, 1.165) is 11.3 Å². The third kappa shape index (κ3) is 1.60. The van der Waals surface area contributed by atoms with Gasteiger partial charge in [0.1, 0.15) is 5.75 Å². The van der Waals surface area contributed by atoms with Gasteiger partial charge >= 0.3 is 0 Å². The van der Waals surface area contributed by atoms with Crippen LogP contribution in [0.3, 0.4) is 0 Å². The van der Waals surface area contributed by atoms with E-state index in [2.05, 4.69) is 18.2 Å². The smallest absolute Gasteiger partial charge is 0.191 e. The molecule has 0 spiro atoms. The predicted octanol–water partition coefficient (Wildman–Crippen LogP) is 2.38. The van der Waals surface area contributed by atoms with Gasteiger partial charge in [0.2, 0.25) is 0 Å². The summed E-state index contributed by atoms with van der Waals surface area (Å²) in [4.78, 5) is 5.65. The molecule has 1 fully saturated rings. The van der Waals surface area contributed by atoms with Crippen molar-refractivity contribution in [2.24, 2.45) is 11.7 Å². The fourth-order valence-corrected chi connectivity index (χ4v) is 3.30. The second kappa shape index (κ2) is 4.33. The van der Waals surface area contributed by atoms with Crippen molar-refractivity contribution < 1.29 is 9.57 Å². The van der Waals surface area contributed by atoms with Crippen LogP contribution in [0.1, 0.15) is 11.6 Å². The standard InChI is InChI=1S/C15H14N2O2S/c16-15(20)17-14-10(8-19-17)7-18-12-6-5-9-3-1-2-4-11(9)13(12)14/h1-6,10,14H,7-8H2,(H2,16,20)/t10-,14+/m0/s1. The number of fused-ring (bicyclic) bond motifs is 5. The molecule has 2 N–H and O–H groups in total. The first-order valence-corrected chi connectivity index (χ1v) is 7.02. The molecule has 0 aliphatic carbocycles. The Hall–Kier alpha value is -1.85. The molecule has 5 heteroatoms. The summed E-state index contributed by atoms with van der Waals surface area (Å²) in [6, 6.07) is 12.4. The lowest BCUT2D eigenvalue weighted by molar-refractivity contribution is -0.0648. The number of nitrogens with zero attached hydrogens (tertiary/aromatic N) is 1. The summed E-state index contributed by atoms with van der Waals surface area (Å²) in [6.45, 7) is 1.22. The molecule has 0 radical (unpaired) electrons. The van der Waals surface area contributed by atoms with Crippen molar-refractivity contribution in [2.75, 3.05) is 13.2 Å². The van der Waals surface area contributed by atoms with E-state index in [1.54, 1.807) is 5.06 Å². The van der Waals surface area contributed by atoms with Crippen molar-refractivity contribution in [3.05, 3.63) is 42.0 Å². The minimum Gasteiger partial charge on any atom is -0.493 e. The van der Waals surface area contributed by atoms with Crippen LogP contribution in [0.2, 0.25) is 0 Å². The van der Waals surface area contributed by atoms with Gasteiger partial charge in [-0.3, -0.25) is 4.84 Å². The first-order chi connectivity index (χ1) is 9.75. The molecule has 2 heterocycles. The molecular weight excluding hydrogens is 272 g/mol. The SMILES string of the molecule is NC(=S)N1OC[C@@H]2COc3ccc4ccccc4c3[C@@H]21. The zero-order chi connectivity index (χ0) is 13.7. The Balaban J connectivity index is 1.97. The highest BCUT2D eigenvalue weighted by Crippen LogP contribution is 2.46. The van der Waals surface area contributed by atoms with Crippen LogP contribution in [0.5, 0.6) is 5.75 Å². The van der Waals surface area contributed by atoms with E-state index in [0.29, 0.717) is 13.2 Å². The summed E-state index contributed by atoms with van der Waals surface area (Å²) >= 11 is 5.11. The van der Waals surface area contributed by atoms with Crippen LogP contribution in [-0.4, -0.2) is 23.4 Å². The Bertz CT molecular complexity index is 703. The van der Waals surface area contributed by atoms with Crippen molar-refractivity contribution in [1.82, 2.24) is 5.06 Å². The molecule has 2 aliphatic heterocycles. The van der Waals surface area contributed by atoms with E-state index < -0.39 is 0 Å². The molecular formula is C15H14N2O2S. The summed E-state index contributed by atoms with van der Waals surface area (Å²) in [5, 5.41) is 4.29. The van der Waals surface area contributed by atoms with Crippen LogP contribution in [0.4, 0.5) is 0 Å². The molecule has 2 aromatic rings. The molecule has 0 amide bonds. The molecule has 20 heavy (non-hydrogen) atoms. The number of thiocarbonyl (C=S) groups is 1. The zero-order valence-corrected chi connectivity index (χ0v) is 11.6. The molecule has 2 aromatic carbocycles. The highest BCUT2D eigenvalue weighted by molar-refractivity contribution is 7.80. The maximum atomic E-state index is 5.88. The van der Waals surface area contributed by atoms with E-state index in [-0.39, 0.29) is 17.1 Å². The van der Waals surface area contributed by atoms with Gasteiger partial charge < -0.3 is 10.5 Å². The number of benzene rings is 2. The fourth-order valence-electron chi connectivity index (χ4n) is 3.14. The zero-order valence-electron chi connectivity index (χ0n) is 10.8. The van der Waals surface area contributed by atoms with E-state index in [1.165, 1.54) is 10.8 Å². The molecule has 2 aliphatic rings. The highest BCUT2D eigenvalue weighted by Gasteiger charge is 2.43. The topological polar surface area (TPSA) is 47.7 Å². The Morgan fingerprint density at radius 3 is 2.90 bits per heavy atom. The van der Waals surface area contributed by atoms with Gasteiger partial charge in [0, 0.05) is 11.5 Å². The van der Waals surface area contributed by atoms with Crippen LogP contribution < -0.4 is 10.5 Å². The average Bonchev–Trinajstić information content (AvgIpc) is 2.91. The Labute approximate surface area is 122 Å². The molecule has 0 aromatic heterocycles. The lowest BCUT2D eigenvalue weighted by atomic mass is 9.88. The second-order valence-electron chi connectivity index (χ2n) is 5.17. The molecule has 0 unspecified atom stereocenters. The van der Waals surface area contributed by atoms with E-state index in [4.69, 9.17) is 27.5 Å². The van der Waals surface area contributed by atoms with Crippen LogP contribution in [0, 0.1) is 5.92 Å². The largest absolute Gasteiger partial charge is 0.493 e. The van der Waals surface area contributed by atoms with Crippen molar-refractivity contribution in [2.45, 2.75) is 6.04 Å². The van der Waals surface area contributed by atoms with Gasteiger partial charge in [0.15, 0.2) is 5.11 Å². The number of hydrogen-bond donors (Lipinski definition) is 1. The van der Waals surface area contributed by atoms with E-state index in [1.807, 2.05) is 18.2 Å². The lowest BCUT2D eigenvalue weighted by Gasteiger charge is -2.32. The fraction of sp³-hybridized carbons (Fsp3) is 0.267. The summed E-state index contributed by atoms with van der Waals surface area (Å²) < 4.78 is 5.88. The third-order valence-corrected chi connectivity index (χ3v) is 4.20. The van der Waals surface area contributed by atoms with Gasteiger partial charge in [-0.1, -0.05) is 30.3 Å². The maximum absolute atomic E-state index is 5.88. The van der Waals surface area contributed by atoms with Crippen molar-refractivity contribution >= 4 is 28.1 Å². The first-order valence-electron chi connectivity index (χ1n) is 6.62. The van der Waals surface area contributed by atoms with Gasteiger partial charge in [-0.05, 0) is 29.1 Å². The summed E-state index contributed by atoms with van der Waals surface area (Å²) in [5.41, 5.74) is 6.93. The predicted molar refractivity (Wildman–Crippen MR) is 80.3 cm³/mol. The van der Waals surface area contributed by atoms with Crippen molar-refractivity contribution in [3.63, 3.8) is 0 Å². The molecule has 4 rings (SSSR count). The minimum atomic E-state index is 0.0438. The van der Waals surface area contributed by atoms with Gasteiger partial charge in [0.05, 0.1) is 19.3 Å². The van der Waals surface area contributed by atoms with E-state index in [9.17, 15) is 0 Å². The van der Waals surface area contributed by atoms with E-state index >= 15 is 0 Å². The van der Waals surface area contributed by atoms with Crippen molar-refractivity contribution in [3.8, 4) is 5.75 Å². The number of nitrogens with two attached hydrogens (primary N) is 1. The Morgan fingerprint density at radius 2 is 2.05 bits per heavy atom.